The van der Waals surface area contributed by atoms with Crippen LogP contribution in [0.15, 0.2) is 18.2 Å². The standard InChI is InChI=1S/C27H42N2O11/c1-26(2,3)25(36)37-13-15-7-8-17(39-24-22(34)21(33)20(32)18(12-30)40-24)16(11-15)23(35)29-10-9-28-19(31)14-38-27(4,5)6/h7-8,11,18,20-22,24,30,32-34H,9-10,12-14H2,1-6H3,(H,28,31)(H,29,35)/t18-,20-,21+,22-,24-/m1/s1. The third kappa shape index (κ3) is 9.98. The summed E-state index contributed by atoms with van der Waals surface area (Å²) in [6.45, 7) is 9.85. The van der Waals surface area contributed by atoms with Gasteiger partial charge in [0.15, 0.2) is 0 Å². The first-order valence-electron chi connectivity index (χ1n) is 13.0. The van der Waals surface area contributed by atoms with E-state index in [1.165, 1.54) is 12.1 Å². The van der Waals surface area contributed by atoms with Crippen LogP contribution in [-0.4, -0.2) is 101 Å². The van der Waals surface area contributed by atoms with Gasteiger partial charge in [-0.2, -0.15) is 0 Å². The number of nitrogens with one attached hydrogen (secondary N) is 2. The first kappa shape index (κ1) is 33.4. The largest absolute Gasteiger partial charge is 0.461 e. The van der Waals surface area contributed by atoms with E-state index in [4.69, 9.17) is 18.9 Å². The monoisotopic (exact) mass is 570 g/mol. The number of hydrogen-bond donors (Lipinski definition) is 6. The molecule has 226 valence electrons. The lowest BCUT2D eigenvalue weighted by atomic mass is 9.97. The Morgan fingerprint density at radius 2 is 1.60 bits per heavy atom. The summed E-state index contributed by atoms with van der Waals surface area (Å²) in [6, 6.07) is 4.38. The number of carbonyl (C=O) groups is 3. The van der Waals surface area contributed by atoms with Crippen LogP contribution in [0, 0.1) is 5.41 Å². The smallest absolute Gasteiger partial charge is 0.311 e. The SMILES string of the molecule is CC(C)(C)OCC(=O)NCCNC(=O)c1cc(COC(=O)C(C)(C)C)ccc1O[C@@H]1O[C@H](CO)[C@@H](O)[C@H](O)[C@H]1O. The van der Waals surface area contributed by atoms with Gasteiger partial charge in [-0.3, -0.25) is 14.4 Å². The van der Waals surface area contributed by atoms with Crippen molar-refractivity contribution in [3.05, 3.63) is 29.3 Å². The lowest BCUT2D eigenvalue weighted by molar-refractivity contribution is -0.277. The molecule has 0 radical (unpaired) electrons. The molecule has 1 aliphatic heterocycles. The minimum Gasteiger partial charge on any atom is -0.461 e. The van der Waals surface area contributed by atoms with E-state index in [0.717, 1.165) is 0 Å². The number of benzene rings is 1. The Morgan fingerprint density at radius 3 is 2.20 bits per heavy atom. The molecule has 0 unspecified atom stereocenters. The van der Waals surface area contributed by atoms with E-state index < -0.39 is 60.2 Å². The van der Waals surface area contributed by atoms with Crippen LogP contribution >= 0.6 is 0 Å². The van der Waals surface area contributed by atoms with E-state index in [1.807, 2.05) is 20.8 Å². The number of hydrogen-bond acceptors (Lipinski definition) is 11. The van der Waals surface area contributed by atoms with Gasteiger partial charge in [0.25, 0.3) is 5.91 Å². The van der Waals surface area contributed by atoms with Crippen LogP contribution in [0.4, 0.5) is 0 Å². The Labute approximate surface area is 233 Å². The fourth-order valence-electron chi connectivity index (χ4n) is 3.41. The molecule has 0 aromatic heterocycles. The van der Waals surface area contributed by atoms with Crippen molar-refractivity contribution >= 4 is 17.8 Å². The fraction of sp³-hybridized carbons (Fsp3) is 0.667. The minimum atomic E-state index is -1.69. The summed E-state index contributed by atoms with van der Waals surface area (Å²) in [6.07, 6.45) is -7.66. The number of esters is 1. The highest BCUT2D eigenvalue weighted by Gasteiger charge is 2.45. The molecule has 6 N–H and O–H groups in total. The summed E-state index contributed by atoms with van der Waals surface area (Å²) >= 11 is 0. The van der Waals surface area contributed by atoms with Gasteiger partial charge < -0.3 is 50.0 Å². The first-order chi connectivity index (χ1) is 18.5. The predicted molar refractivity (Wildman–Crippen MR) is 141 cm³/mol. The number of carbonyl (C=O) groups excluding carboxylic acids is 3. The normalized spacial score (nSPS) is 23.3. The molecule has 1 aromatic rings. The average molecular weight is 571 g/mol. The first-order valence-corrected chi connectivity index (χ1v) is 13.0. The van der Waals surface area contributed by atoms with Crippen molar-refractivity contribution in [1.29, 1.82) is 0 Å². The molecule has 0 aliphatic carbocycles. The molecule has 2 amide bonds. The molecule has 2 rings (SSSR count). The van der Waals surface area contributed by atoms with Gasteiger partial charge in [0, 0.05) is 13.1 Å². The third-order valence-corrected chi connectivity index (χ3v) is 5.73. The van der Waals surface area contributed by atoms with Crippen LogP contribution in [0.1, 0.15) is 57.5 Å². The van der Waals surface area contributed by atoms with E-state index in [0.29, 0.717) is 5.56 Å². The minimum absolute atomic E-state index is 0.0105. The van der Waals surface area contributed by atoms with Crippen molar-refractivity contribution in [2.45, 2.75) is 84.5 Å². The van der Waals surface area contributed by atoms with Crippen LogP contribution in [0.5, 0.6) is 5.75 Å². The number of aliphatic hydroxyl groups excluding tert-OH is 4. The second-order valence-electron chi connectivity index (χ2n) is 11.5. The molecule has 0 bridgehead atoms. The van der Waals surface area contributed by atoms with Crippen molar-refractivity contribution in [1.82, 2.24) is 10.6 Å². The topological polar surface area (TPSA) is 193 Å². The second-order valence-corrected chi connectivity index (χ2v) is 11.5. The molecule has 13 heteroatoms. The predicted octanol–water partition coefficient (Wildman–Crippen LogP) is -0.384. The van der Waals surface area contributed by atoms with Gasteiger partial charge in [-0.1, -0.05) is 6.07 Å². The molecule has 40 heavy (non-hydrogen) atoms. The number of rotatable bonds is 11. The molecular formula is C27H42N2O11. The summed E-state index contributed by atoms with van der Waals surface area (Å²) in [7, 11) is 0. The molecular weight excluding hydrogens is 528 g/mol. The van der Waals surface area contributed by atoms with Gasteiger partial charge in [-0.25, -0.2) is 0 Å². The number of ether oxygens (including phenoxy) is 4. The van der Waals surface area contributed by atoms with E-state index in [2.05, 4.69) is 10.6 Å². The molecule has 13 nitrogen and oxygen atoms in total. The molecule has 1 aliphatic rings. The fourth-order valence-corrected chi connectivity index (χ4v) is 3.41. The maximum Gasteiger partial charge on any atom is 0.311 e. The van der Waals surface area contributed by atoms with E-state index in [1.54, 1.807) is 26.8 Å². The number of aliphatic hydroxyl groups is 4. The molecule has 0 spiro atoms. The highest BCUT2D eigenvalue weighted by molar-refractivity contribution is 5.97. The molecule has 1 heterocycles. The van der Waals surface area contributed by atoms with Crippen LogP contribution < -0.4 is 15.4 Å². The summed E-state index contributed by atoms with van der Waals surface area (Å²) in [5.41, 5.74) is -0.746. The molecule has 1 fully saturated rings. The summed E-state index contributed by atoms with van der Waals surface area (Å²) < 4.78 is 21.8. The van der Waals surface area contributed by atoms with Gasteiger partial charge >= 0.3 is 5.97 Å². The van der Waals surface area contributed by atoms with Gasteiger partial charge in [0.05, 0.1) is 23.2 Å². The van der Waals surface area contributed by atoms with Crippen molar-refractivity contribution in [2.75, 3.05) is 26.3 Å². The van der Waals surface area contributed by atoms with E-state index >= 15 is 0 Å². The highest BCUT2D eigenvalue weighted by Crippen LogP contribution is 2.28. The molecule has 0 saturated carbocycles. The average Bonchev–Trinajstić information content (AvgIpc) is 2.88. The Balaban J connectivity index is 2.15. The Hall–Kier alpha value is -2.81. The van der Waals surface area contributed by atoms with E-state index in [-0.39, 0.29) is 43.5 Å². The van der Waals surface area contributed by atoms with Crippen LogP contribution in [0.3, 0.4) is 0 Å². The van der Waals surface area contributed by atoms with Gasteiger partial charge in [-0.15, -0.1) is 0 Å². The second kappa shape index (κ2) is 14.2. The molecule has 1 saturated heterocycles. The van der Waals surface area contributed by atoms with Crippen molar-refractivity contribution in [3.8, 4) is 5.75 Å². The van der Waals surface area contributed by atoms with Crippen molar-refractivity contribution in [2.24, 2.45) is 5.41 Å². The Bertz CT molecular complexity index is 1020. The van der Waals surface area contributed by atoms with Crippen LogP contribution in [0.25, 0.3) is 0 Å². The molecule has 1 aromatic carbocycles. The number of amides is 2. The highest BCUT2D eigenvalue weighted by atomic mass is 16.7. The van der Waals surface area contributed by atoms with Crippen LogP contribution in [0.2, 0.25) is 0 Å². The summed E-state index contributed by atoms with van der Waals surface area (Å²) in [4.78, 5) is 37.2. The van der Waals surface area contributed by atoms with E-state index in [9.17, 15) is 34.8 Å². The third-order valence-electron chi connectivity index (χ3n) is 5.73. The molecule has 5 atom stereocenters. The summed E-state index contributed by atoms with van der Waals surface area (Å²) in [5, 5.41) is 45.2. The maximum absolute atomic E-state index is 13.1. The lowest BCUT2D eigenvalue weighted by Gasteiger charge is -2.39. The summed E-state index contributed by atoms with van der Waals surface area (Å²) in [5.74, 6) is -1.44. The van der Waals surface area contributed by atoms with Crippen molar-refractivity contribution in [3.63, 3.8) is 0 Å². The van der Waals surface area contributed by atoms with Gasteiger partial charge in [0.1, 0.15) is 43.4 Å². The Morgan fingerprint density at radius 1 is 0.950 bits per heavy atom. The zero-order valence-electron chi connectivity index (χ0n) is 23.8. The zero-order chi connectivity index (χ0) is 30.3. The van der Waals surface area contributed by atoms with Crippen LogP contribution in [-0.2, 0) is 30.4 Å². The zero-order valence-corrected chi connectivity index (χ0v) is 23.8. The Kier molecular flexibility index (Phi) is 11.9. The maximum atomic E-state index is 13.1. The van der Waals surface area contributed by atoms with Gasteiger partial charge in [-0.05, 0) is 59.2 Å². The van der Waals surface area contributed by atoms with Crippen molar-refractivity contribution < 1.29 is 53.8 Å². The lowest BCUT2D eigenvalue weighted by Crippen LogP contribution is -2.60. The van der Waals surface area contributed by atoms with Gasteiger partial charge in [0.2, 0.25) is 12.2 Å². The quantitative estimate of drug-likeness (QED) is 0.150.